The van der Waals surface area contributed by atoms with Crippen LogP contribution in [0.1, 0.15) is 12.0 Å². The Morgan fingerprint density at radius 1 is 1.53 bits per heavy atom. The summed E-state index contributed by atoms with van der Waals surface area (Å²) in [4.78, 5) is 17.6. The maximum absolute atomic E-state index is 11.4. The molecule has 0 saturated heterocycles. The van der Waals surface area contributed by atoms with Gasteiger partial charge in [0.1, 0.15) is 5.82 Å². The standard InChI is InChI=1S/C12H19N3OS/c1-15(2)11-8-10(4-6-13-11)9-14-12(16)5-7-17-3/h4,6,8H,5,7,9H2,1-3H3,(H,14,16). The molecule has 1 aromatic heterocycles. The number of nitrogens with zero attached hydrogens (tertiary/aromatic N) is 2. The third-order valence-corrected chi connectivity index (χ3v) is 2.90. The molecule has 0 aliphatic carbocycles. The highest BCUT2D eigenvalue weighted by Gasteiger charge is 2.02. The van der Waals surface area contributed by atoms with Crippen LogP contribution in [0.5, 0.6) is 0 Å². The predicted octanol–water partition coefficient (Wildman–Crippen LogP) is 1.52. The van der Waals surface area contributed by atoms with Gasteiger partial charge in [0.15, 0.2) is 0 Å². The van der Waals surface area contributed by atoms with Gasteiger partial charge in [-0.15, -0.1) is 0 Å². The molecule has 4 nitrogen and oxygen atoms in total. The van der Waals surface area contributed by atoms with Crippen LogP contribution >= 0.6 is 11.8 Å². The Morgan fingerprint density at radius 2 is 2.29 bits per heavy atom. The number of rotatable bonds is 6. The lowest BCUT2D eigenvalue weighted by molar-refractivity contribution is -0.120. The minimum Gasteiger partial charge on any atom is -0.363 e. The van der Waals surface area contributed by atoms with Crippen LogP contribution in [0.4, 0.5) is 5.82 Å². The van der Waals surface area contributed by atoms with E-state index in [1.165, 1.54) is 0 Å². The average Bonchev–Trinajstić information content (AvgIpc) is 2.34. The number of hydrogen-bond acceptors (Lipinski definition) is 4. The smallest absolute Gasteiger partial charge is 0.221 e. The topological polar surface area (TPSA) is 45.2 Å². The minimum atomic E-state index is 0.0996. The number of nitrogens with one attached hydrogen (secondary N) is 1. The fourth-order valence-electron chi connectivity index (χ4n) is 1.30. The van der Waals surface area contributed by atoms with Crippen LogP contribution in [-0.2, 0) is 11.3 Å². The quantitative estimate of drug-likeness (QED) is 0.835. The molecule has 1 aromatic rings. The Kier molecular flexibility index (Phi) is 5.83. The summed E-state index contributed by atoms with van der Waals surface area (Å²) in [6, 6.07) is 3.90. The number of aromatic nitrogens is 1. The van der Waals surface area contributed by atoms with E-state index in [9.17, 15) is 4.79 Å². The van der Waals surface area contributed by atoms with Crippen LogP contribution < -0.4 is 10.2 Å². The van der Waals surface area contributed by atoms with Crippen molar-refractivity contribution >= 4 is 23.5 Å². The summed E-state index contributed by atoms with van der Waals surface area (Å²) < 4.78 is 0. The normalized spacial score (nSPS) is 10.1. The second-order valence-corrected chi connectivity index (χ2v) is 4.92. The molecular weight excluding hydrogens is 234 g/mol. The summed E-state index contributed by atoms with van der Waals surface area (Å²) in [6.45, 7) is 0.566. The van der Waals surface area contributed by atoms with E-state index in [1.807, 2.05) is 37.4 Å². The van der Waals surface area contributed by atoms with Crippen LogP contribution in [0.2, 0.25) is 0 Å². The van der Waals surface area contributed by atoms with E-state index in [-0.39, 0.29) is 5.91 Å². The number of hydrogen-bond donors (Lipinski definition) is 1. The van der Waals surface area contributed by atoms with Gasteiger partial charge < -0.3 is 10.2 Å². The summed E-state index contributed by atoms with van der Waals surface area (Å²) in [7, 11) is 3.90. The maximum Gasteiger partial charge on any atom is 0.221 e. The zero-order valence-corrected chi connectivity index (χ0v) is 11.4. The van der Waals surface area contributed by atoms with Gasteiger partial charge in [0.05, 0.1) is 0 Å². The van der Waals surface area contributed by atoms with Crippen molar-refractivity contribution in [1.29, 1.82) is 0 Å². The fourth-order valence-corrected chi connectivity index (χ4v) is 1.69. The Hall–Kier alpha value is -1.23. The number of anilines is 1. The molecule has 0 fully saturated rings. The number of pyridine rings is 1. The highest BCUT2D eigenvalue weighted by molar-refractivity contribution is 7.98. The van der Waals surface area contributed by atoms with Crippen LogP contribution in [0.15, 0.2) is 18.3 Å². The molecule has 0 bridgehead atoms. The summed E-state index contributed by atoms with van der Waals surface area (Å²) in [5.41, 5.74) is 1.07. The third kappa shape index (κ3) is 5.08. The first-order valence-electron chi connectivity index (χ1n) is 5.51. The van der Waals surface area contributed by atoms with Gasteiger partial charge in [-0.05, 0) is 24.0 Å². The molecule has 0 aliphatic heterocycles. The van der Waals surface area contributed by atoms with E-state index in [0.29, 0.717) is 13.0 Å². The van der Waals surface area contributed by atoms with Gasteiger partial charge in [-0.25, -0.2) is 4.98 Å². The highest BCUT2D eigenvalue weighted by atomic mass is 32.2. The molecule has 0 unspecified atom stereocenters. The zero-order chi connectivity index (χ0) is 12.7. The number of amides is 1. The van der Waals surface area contributed by atoms with E-state index >= 15 is 0 Å². The van der Waals surface area contributed by atoms with Crippen LogP contribution in [0.3, 0.4) is 0 Å². The Labute approximate surface area is 107 Å². The van der Waals surface area contributed by atoms with Gasteiger partial charge >= 0.3 is 0 Å². The van der Waals surface area contributed by atoms with Crippen molar-refractivity contribution in [3.63, 3.8) is 0 Å². The van der Waals surface area contributed by atoms with Crippen molar-refractivity contribution < 1.29 is 4.79 Å². The summed E-state index contributed by atoms with van der Waals surface area (Å²) in [6.07, 6.45) is 4.34. The molecule has 94 valence electrons. The molecule has 0 saturated carbocycles. The lowest BCUT2D eigenvalue weighted by atomic mass is 10.2. The second kappa shape index (κ2) is 7.17. The van der Waals surface area contributed by atoms with Crippen molar-refractivity contribution in [2.24, 2.45) is 0 Å². The van der Waals surface area contributed by atoms with Gasteiger partial charge in [0, 0.05) is 39.0 Å². The first kappa shape index (κ1) is 13.8. The first-order valence-corrected chi connectivity index (χ1v) is 6.90. The van der Waals surface area contributed by atoms with E-state index in [4.69, 9.17) is 0 Å². The zero-order valence-electron chi connectivity index (χ0n) is 10.6. The van der Waals surface area contributed by atoms with Crippen LogP contribution in [0.25, 0.3) is 0 Å². The van der Waals surface area contributed by atoms with Gasteiger partial charge in [-0.1, -0.05) is 0 Å². The molecule has 0 aromatic carbocycles. The average molecular weight is 253 g/mol. The highest BCUT2D eigenvalue weighted by Crippen LogP contribution is 2.09. The minimum absolute atomic E-state index is 0.0996. The van der Waals surface area contributed by atoms with Crippen molar-refractivity contribution in [2.45, 2.75) is 13.0 Å². The third-order valence-electron chi connectivity index (χ3n) is 2.29. The lowest BCUT2D eigenvalue weighted by Crippen LogP contribution is -2.23. The van der Waals surface area contributed by atoms with Crippen LogP contribution in [0, 0.1) is 0 Å². The molecule has 0 radical (unpaired) electrons. The van der Waals surface area contributed by atoms with E-state index in [1.54, 1.807) is 18.0 Å². The van der Waals surface area contributed by atoms with E-state index in [0.717, 1.165) is 17.1 Å². The number of carbonyl (C=O) groups is 1. The second-order valence-electron chi connectivity index (χ2n) is 3.94. The van der Waals surface area contributed by atoms with Gasteiger partial charge in [-0.2, -0.15) is 11.8 Å². The summed E-state index contributed by atoms with van der Waals surface area (Å²) >= 11 is 1.68. The summed E-state index contributed by atoms with van der Waals surface area (Å²) in [5, 5.41) is 2.90. The van der Waals surface area contributed by atoms with Crippen molar-refractivity contribution in [3.05, 3.63) is 23.9 Å². The summed E-state index contributed by atoms with van der Waals surface area (Å²) in [5.74, 6) is 1.87. The Bertz CT molecular complexity index is 369. The van der Waals surface area contributed by atoms with Crippen molar-refractivity contribution in [2.75, 3.05) is 31.0 Å². The Morgan fingerprint density at radius 3 is 2.94 bits per heavy atom. The van der Waals surface area contributed by atoms with E-state index in [2.05, 4.69) is 10.3 Å². The molecule has 1 N–H and O–H groups in total. The molecule has 0 spiro atoms. The lowest BCUT2D eigenvalue weighted by Gasteiger charge is -2.12. The van der Waals surface area contributed by atoms with Crippen molar-refractivity contribution in [1.82, 2.24) is 10.3 Å². The SMILES string of the molecule is CSCCC(=O)NCc1ccnc(N(C)C)c1. The van der Waals surface area contributed by atoms with Gasteiger partial charge in [-0.3, -0.25) is 4.79 Å². The fraction of sp³-hybridized carbons (Fsp3) is 0.500. The molecule has 0 atom stereocenters. The van der Waals surface area contributed by atoms with E-state index < -0.39 is 0 Å². The first-order chi connectivity index (χ1) is 8.13. The molecular formula is C12H19N3OS. The number of carbonyl (C=O) groups excluding carboxylic acids is 1. The largest absolute Gasteiger partial charge is 0.363 e. The molecule has 1 rings (SSSR count). The molecule has 1 amide bonds. The molecule has 1 heterocycles. The van der Waals surface area contributed by atoms with Crippen molar-refractivity contribution in [3.8, 4) is 0 Å². The van der Waals surface area contributed by atoms with Gasteiger partial charge in [0.2, 0.25) is 5.91 Å². The van der Waals surface area contributed by atoms with Crippen LogP contribution in [-0.4, -0.2) is 37.0 Å². The predicted molar refractivity (Wildman–Crippen MR) is 73.4 cm³/mol. The number of thioether (sulfide) groups is 1. The monoisotopic (exact) mass is 253 g/mol. The van der Waals surface area contributed by atoms with Gasteiger partial charge in [0.25, 0.3) is 0 Å². The Balaban J connectivity index is 2.46. The molecule has 0 aliphatic rings. The molecule has 17 heavy (non-hydrogen) atoms. The maximum atomic E-state index is 11.4. The molecule has 5 heteroatoms.